The van der Waals surface area contributed by atoms with Gasteiger partial charge >= 0.3 is 0 Å². The maximum Gasteiger partial charge on any atom is 0.115 e. The van der Waals surface area contributed by atoms with Gasteiger partial charge in [-0.15, -0.1) is 0 Å². The average molecular weight is 401 g/mol. The maximum atomic E-state index is 9.97. The lowest BCUT2D eigenvalue weighted by atomic mass is 10.0. The minimum atomic E-state index is -1.02. The summed E-state index contributed by atoms with van der Waals surface area (Å²) in [5.74, 6) is 0. The smallest absolute Gasteiger partial charge is 0.115 e. The zero-order chi connectivity index (χ0) is 20.5. The Morgan fingerprint density at radius 1 is 0.857 bits per heavy atom. The van der Waals surface area contributed by atoms with Crippen LogP contribution in [0.25, 0.3) is 0 Å². The fourth-order valence-electron chi connectivity index (χ4n) is 3.67. The Kier molecular flexibility index (Phi) is 15.9. The summed E-state index contributed by atoms with van der Waals surface area (Å²) in [4.78, 5) is 0. The van der Waals surface area contributed by atoms with Crippen LogP contribution in [0.15, 0.2) is 12.2 Å². The maximum absolute atomic E-state index is 9.97. The van der Waals surface area contributed by atoms with Gasteiger partial charge in [0.25, 0.3) is 0 Å². The first-order chi connectivity index (χ1) is 13.7. The summed E-state index contributed by atoms with van der Waals surface area (Å²) < 4.78 is 10.9. The Morgan fingerprint density at radius 3 is 2.00 bits per heavy atom. The van der Waals surface area contributed by atoms with Crippen LogP contribution in [-0.4, -0.2) is 59.6 Å². The molecule has 5 heteroatoms. The van der Waals surface area contributed by atoms with E-state index in [0.29, 0.717) is 6.61 Å². The first-order valence-electron chi connectivity index (χ1n) is 11.6. The number of rotatable bonds is 17. The van der Waals surface area contributed by atoms with Crippen molar-refractivity contribution in [1.82, 2.24) is 0 Å². The van der Waals surface area contributed by atoms with Gasteiger partial charge in [-0.3, -0.25) is 0 Å². The van der Waals surface area contributed by atoms with Crippen LogP contribution in [0.1, 0.15) is 90.4 Å². The molecular formula is C23H44O5. The molecule has 1 aliphatic heterocycles. The van der Waals surface area contributed by atoms with Gasteiger partial charge < -0.3 is 24.8 Å². The lowest BCUT2D eigenvalue weighted by molar-refractivity contribution is -0.208. The fraction of sp³-hybridized carbons (Fsp3) is 0.913. The van der Waals surface area contributed by atoms with Crippen LogP contribution in [0.3, 0.4) is 0 Å². The molecule has 0 aromatic rings. The van der Waals surface area contributed by atoms with E-state index >= 15 is 0 Å². The molecule has 0 aliphatic carbocycles. The van der Waals surface area contributed by atoms with Crippen molar-refractivity contribution in [3.63, 3.8) is 0 Å². The molecule has 1 saturated heterocycles. The zero-order valence-electron chi connectivity index (χ0n) is 17.9. The largest absolute Gasteiger partial charge is 0.394 e. The summed E-state index contributed by atoms with van der Waals surface area (Å²) in [5, 5.41) is 28.9. The van der Waals surface area contributed by atoms with Crippen molar-refractivity contribution < 1.29 is 24.8 Å². The molecule has 0 amide bonds. The van der Waals surface area contributed by atoms with Crippen molar-refractivity contribution >= 4 is 0 Å². The highest BCUT2D eigenvalue weighted by Gasteiger charge is 2.38. The molecule has 0 spiro atoms. The topological polar surface area (TPSA) is 79.2 Å². The van der Waals surface area contributed by atoms with Crippen molar-refractivity contribution in [3.05, 3.63) is 12.2 Å². The number of allylic oxidation sites excluding steroid dienone is 1. The highest BCUT2D eigenvalue weighted by Crippen LogP contribution is 2.18. The molecule has 0 bridgehead atoms. The van der Waals surface area contributed by atoms with Gasteiger partial charge in [-0.25, -0.2) is 0 Å². The third-order valence-electron chi connectivity index (χ3n) is 5.53. The number of aliphatic hydroxyl groups is 3. The third-order valence-corrected chi connectivity index (χ3v) is 5.53. The Morgan fingerprint density at radius 2 is 1.43 bits per heavy atom. The summed E-state index contributed by atoms with van der Waals surface area (Å²) in [5.41, 5.74) is 0. The second kappa shape index (κ2) is 17.4. The molecule has 0 radical (unpaired) electrons. The number of ether oxygens (including phenoxy) is 2. The second-order valence-electron chi connectivity index (χ2n) is 8.06. The van der Waals surface area contributed by atoms with Crippen LogP contribution < -0.4 is 0 Å². The Labute approximate surface area is 172 Å². The SMILES string of the molecule is CCCCCCCCCCCCCC/C=C/CO[C@@H]1[C@@H](O)[C@H](O)CO[C@H]1CO. The zero-order valence-corrected chi connectivity index (χ0v) is 17.9. The van der Waals surface area contributed by atoms with Crippen LogP contribution in [0.4, 0.5) is 0 Å². The van der Waals surface area contributed by atoms with Crippen LogP contribution in [0.5, 0.6) is 0 Å². The molecule has 28 heavy (non-hydrogen) atoms. The molecule has 1 rings (SSSR count). The predicted octanol–water partition coefficient (Wildman–Crippen LogP) is 4.13. The highest BCUT2D eigenvalue weighted by molar-refractivity contribution is 4.89. The summed E-state index contributed by atoms with van der Waals surface area (Å²) in [7, 11) is 0. The fourth-order valence-corrected chi connectivity index (χ4v) is 3.67. The van der Waals surface area contributed by atoms with Gasteiger partial charge in [0, 0.05) is 0 Å². The van der Waals surface area contributed by atoms with Gasteiger partial charge in [0.05, 0.1) is 19.8 Å². The van der Waals surface area contributed by atoms with Gasteiger partial charge in [0.2, 0.25) is 0 Å². The van der Waals surface area contributed by atoms with E-state index in [1.165, 1.54) is 77.0 Å². The molecule has 1 heterocycles. The summed E-state index contributed by atoms with van der Waals surface area (Å²) in [6.45, 7) is 2.42. The van der Waals surface area contributed by atoms with Gasteiger partial charge in [-0.05, 0) is 12.8 Å². The predicted molar refractivity (Wildman–Crippen MR) is 113 cm³/mol. The molecule has 166 valence electrons. The van der Waals surface area contributed by atoms with Crippen molar-refractivity contribution in [1.29, 1.82) is 0 Å². The van der Waals surface area contributed by atoms with Gasteiger partial charge in [-0.2, -0.15) is 0 Å². The molecule has 1 fully saturated rings. The van der Waals surface area contributed by atoms with Gasteiger partial charge in [0.15, 0.2) is 0 Å². The lowest BCUT2D eigenvalue weighted by Crippen LogP contribution is -2.55. The van der Waals surface area contributed by atoms with Crippen LogP contribution in [0.2, 0.25) is 0 Å². The number of hydrogen-bond donors (Lipinski definition) is 3. The van der Waals surface area contributed by atoms with E-state index in [1.54, 1.807) is 0 Å². The monoisotopic (exact) mass is 400 g/mol. The Balaban J connectivity index is 1.91. The van der Waals surface area contributed by atoms with Crippen molar-refractivity contribution in [3.8, 4) is 0 Å². The first-order valence-corrected chi connectivity index (χ1v) is 11.6. The standard InChI is InChI=1S/C23H44O5/c1-2-3-4-5-6-7-8-9-10-11-12-13-14-15-16-17-27-23-21(18-24)28-19-20(25)22(23)26/h15-16,20-26H,2-14,17-19H2,1H3/b16-15+/t20-,21+,22+,23+/m1/s1. The van der Waals surface area contributed by atoms with Crippen LogP contribution in [0, 0.1) is 0 Å². The highest BCUT2D eigenvalue weighted by atomic mass is 16.6. The van der Waals surface area contributed by atoms with E-state index in [-0.39, 0.29) is 13.2 Å². The molecule has 0 aromatic carbocycles. The molecule has 4 atom stereocenters. The van der Waals surface area contributed by atoms with E-state index in [2.05, 4.69) is 13.0 Å². The van der Waals surface area contributed by atoms with E-state index in [1.807, 2.05) is 6.08 Å². The lowest BCUT2D eigenvalue weighted by Gasteiger charge is -2.37. The quantitative estimate of drug-likeness (QED) is 0.253. The number of hydrogen-bond acceptors (Lipinski definition) is 5. The Bertz CT molecular complexity index is 372. The van der Waals surface area contributed by atoms with Crippen molar-refractivity contribution in [2.45, 2.75) is 115 Å². The van der Waals surface area contributed by atoms with E-state index < -0.39 is 24.4 Å². The molecule has 5 nitrogen and oxygen atoms in total. The molecular weight excluding hydrogens is 356 g/mol. The normalized spacial score (nSPS) is 25.6. The van der Waals surface area contributed by atoms with Crippen LogP contribution in [-0.2, 0) is 9.47 Å². The molecule has 1 aliphatic rings. The minimum absolute atomic E-state index is 0.0288. The molecule has 0 unspecified atom stereocenters. The summed E-state index contributed by atoms with van der Waals surface area (Å²) >= 11 is 0. The Hall–Kier alpha value is -0.460. The van der Waals surface area contributed by atoms with Crippen molar-refractivity contribution in [2.75, 3.05) is 19.8 Å². The number of aliphatic hydroxyl groups excluding tert-OH is 3. The summed E-state index contributed by atoms with van der Waals surface area (Å²) in [6.07, 6.45) is 18.1. The molecule has 0 saturated carbocycles. The molecule has 0 aromatic heterocycles. The van der Waals surface area contributed by atoms with Gasteiger partial charge in [-0.1, -0.05) is 89.7 Å². The second-order valence-corrected chi connectivity index (χ2v) is 8.06. The van der Waals surface area contributed by atoms with Gasteiger partial charge in [0.1, 0.15) is 24.4 Å². The van der Waals surface area contributed by atoms with Crippen LogP contribution >= 0.6 is 0 Å². The first kappa shape index (κ1) is 25.6. The summed E-state index contributed by atoms with van der Waals surface area (Å²) in [6, 6.07) is 0. The van der Waals surface area contributed by atoms with Crippen molar-refractivity contribution in [2.24, 2.45) is 0 Å². The molecule has 3 N–H and O–H groups in total. The van der Waals surface area contributed by atoms with E-state index in [4.69, 9.17) is 9.47 Å². The average Bonchev–Trinajstić information content (AvgIpc) is 2.70. The number of unbranched alkanes of at least 4 members (excludes halogenated alkanes) is 12. The van der Waals surface area contributed by atoms with E-state index in [9.17, 15) is 15.3 Å². The van der Waals surface area contributed by atoms with E-state index in [0.717, 1.165) is 6.42 Å². The minimum Gasteiger partial charge on any atom is -0.394 e. The third kappa shape index (κ3) is 11.5.